The SMILES string of the molecule is COc1ccc(-c2ccc3c(-c4cccc5ccccc45)c4cc(C(C)(C)C)ccc4c(-c4cccc5ccccc45)c3c2)cc1. The van der Waals surface area contributed by atoms with Gasteiger partial charge >= 0.3 is 0 Å². The third kappa shape index (κ3) is 4.63. The summed E-state index contributed by atoms with van der Waals surface area (Å²) in [4.78, 5) is 0. The normalized spacial score (nSPS) is 11.9. The highest BCUT2D eigenvalue weighted by atomic mass is 16.5. The lowest BCUT2D eigenvalue weighted by atomic mass is 9.80. The zero-order chi connectivity index (χ0) is 31.4. The first-order valence-corrected chi connectivity index (χ1v) is 16.1. The molecule has 1 heteroatoms. The first kappa shape index (κ1) is 28.1. The average molecular weight is 593 g/mol. The van der Waals surface area contributed by atoms with Crippen molar-refractivity contribution in [1.82, 2.24) is 0 Å². The van der Waals surface area contributed by atoms with Gasteiger partial charge < -0.3 is 4.74 Å². The van der Waals surface area contributed by atoms with E-state index in [0.717, 1.165) is 5.75 Å². The quantitative estimate of drug-likeness (QED) is 0.185. The summed E-state index contributed by atoms with van der Waals surface area (Å²) >= 11 is 0. The number of ether oxygens (including phenoxy) is 1. The summed E-state index contributed by atoms with van der Waals surface area (Å²) in [5.41, 5.74) is 8.79. The summed E-state index contributed by atoms with van der Waals surface area (Å²) in [7, 11) is 1.71. The zero-order valence-corrected chi connectivity index (χ0v) is 26.8. The van der Waals surface area contributed by atoms with Crippen molar-refractivity contribution in [3.63, 3.8) is 0 Å². The maximum absolute atomic E-state index is 5.47. The highest BCUT2D eigenvalue weighted by Gasteiger charge is 2.22. The average Bonchev–Trinajstić information content (AvgIpc) is 3.09. The molecule has 0 N–H and O–H groups in total. The van der Waals surface area contributed by atoms with Crippen molar-refractivity contribution < 1.29 is 4.74 Å². The molecule has 0 bridgehead atoms. The van der Waals surface area contributed by atoms with Gasteiger partial charge in [-0.2, -0.15) is 0 Å². The van der Waals surface area contributed by atoms with Crippen LogP contribution in [0.25, 0.3) is 76.5 Å². The van der Waals surface area contributed by atoms with Gasteiger partial charge in [0, 0.05) is 0 Å². The minimum Gasteiger partial charge on any atom is -0.497 e. The fraction of sp³-hybridized carbons (Fsp3) is 0.111. The minimum atomic E-state index is 0.0109. The van der Waals surface area contributed by atoms with Gasteiger partial charge in [-0.3, -0.25) is 0 Å². The number of hydrogen-bond donors (Lipinski definition) is 0. The molecule has 0 saturated heterocycles. The molecule has 0 amide bonds. The molecule has 0 fully saturated rings. The molecule has 0 aliphatic rings. The molecule has 0 unspecified atom stereocenters. The van der Waals surface area contributed by atoms with Gasteiger partial charge in [-0.15, -0.1) is 0 Å². The highest BCUT2D eigenvalue weighted by Crippen LogP contribution is 2.48. The van der Waals surface area contributed by atoms with Crippen LogP contribution in [0.1, 0.15) is 26.3 Å². The summed E-state index contributed by atoms with van der Waals surface area (Å²) in [6.45, 7) is 6.92. The summed E-state index contributed by atoms with van der Waals surface area (Å²) in [5, 5.41) is 10.1. The number of rotatable bonds is 4. The van der Waals surface area contributed by atoms with Crippen LogP contribution < -0.4 is 4.74 Å². The molecule has 222 valence electrons. The molecule has 0 aromatic heterocycles. The van der Waals surface area contributed by atoms with E-state index in [0.29, 0.717) is 0 Å². The molecule has 0 saturated carbocycles. The van der Waals surface area contributed by atoms with E-state index >= 15 is 0 Å². The molecule has 0 radical (unpaired) electrons. The summed E-state index contributed by atoms with van der Waals surface area (Å²) in [6.07, 6.45) is 0. The standard InChI is InChI=1S/C45H36O/c1-45(2,3)33-22-26-40-42(28-33)44(38-18-10-14-31-12-6-8-16-36(31)38)39-25-21-32(29-19-23-34(46-4)24-20-29)27-41(39)43(40)37-17-9-13-30-11-5-7-15-35(30)37/h5-28H,1-4H3. The molecule has 0 heterocycles. The summed E-state index contributed by atoms with van der Waals surface area (Å²) in [5.74, 6) is 0.861. The van der Waals surface area contributed by atoms with E-state index in [1.807, 2.05) is 12.1 Å². The first-order valence-electron chi connectivity index (χ1n) is 16.1. The second kappa shape index (κ2) is 10.9. The Hall–Kier alpha value is -5.40. The molecule has 1 nitrogen and oxygen atoms in total. The fourth-order valence-electron chi connectivity index (χ4n) is 7.13. The van der Waals surface area contributed by atoms with Crippen molar-refractivity contribution in [2.24, 2.45) is 0 Å². The fourth-order valence-corrected chi connectivity index (χ4v) is 7.13. The Kier molecular flexibility index (Phi) is 6.65. The molecule has 0 aliphatic heterocycles. The predicted molar refractivity (Wildman–Crippen MR) is 198 cm³/mol. The molecule has 0 spiro atoms. The van der Waals surface area contributed by atoms with Crippen LogP contribution >= 0.6 is 0 Å². The van der Waals surface area contributed by atoms with Crippen LogP contribution in [-0.4, -0.2) is 7.11 Å². The molecular weight excluding hydrogens is 556 g/mol. The molecule has 8 aromatic rings. The first-order chi connectivity index (χ1) is 22.4. The molecule has 8 rings (SSSR count). The van der Waals surface area contributed by atoms with Gasteiger partial charge in [0.25, 0.3) is 0 Å². The Bertz CT molecular complexity index is 2410. The molecule has 46 heavy (non-hydrogen) atoms. The van der Waals surface area contributed by atoms with Crippen LogP contribution in [0.3, 0.4) is 0 Å². The lowest BCUT2D eigenvalue weighted by Crippen LogP contribution is -2.10. The minimum absolute atomic E-state index is 0.0109. The molecule has 0 atom stereocenters. The Labute approximate surface area is 270 Å². The lowest BCUT2D eigenvalue weighted by Gasteiger charge is -2.24. The van der Waals surface area contributed by atoms with Gasteiger partial charge in [-0.05, 0) is 112 Å². The summed E-state index contributed by atoms with van der Waals surface area (Å²) < 4.78 is 5.47. The van der Waals surface area contributed by atoms with Crippen molar-refractivity contribution in [3.05, 3.63) is 151 Å². The predicted octanol–water partition coefficient (Wildman–Crippen LogP) is 12.6. The number of methoxy groups -OCH3 is 1. The van der Waals surface area contributed by atoms with Gasteiger partial charge in [0.1, 0.15) is 5.75 Å². The van der Waals surface area contributed by atoms with E-state index in [1.165, 1.54) is 82.0 Å². The second-order valence-corrected chi connectivity index (χ2v) is 13.3. The number of hydrogen-bond acceptors (Lipinski definition) is 1. The van der Waals surface area contributed by atoms with E-state index in [1.54, 1.807) is 7.11 Å². The maximum Gasteiger partial charge on any atom is 0.118 e. The van der Waals surface area contributed by atoms with E-state index in [9.17, 15) is 0 Å². The second-order valence-electron chi connectivity index (χ2n) is 13.3. The Balaban J connectivity index is 1.58. The van der Waals surface area contributed by atoms with Crippen molar-refractivity contribution in [3.8, 4) is 39.1 Å². The van der Waals surface area contributed by atoms with Crippen LogP contribution in [0, 0.1) is 0 Å². The zero-order valence-electron chi connectivity index (χ0n) is 26.8. The van der Waals surface area contributed by atoms with E-state index in [2.05, 4.69) is 154 Å². The van der Waals surface area contributed by atoms with Crippen molar-refractivity contribution >= 4 is 43.1 Å². The summed E-state index contributed by atoms with van der Waals surface area (Å²) in [6, 6.07) is 53.6. The van der Waals surface area contributed by atoms with Crippen molar-refractivity contribution in [1.29, 1.82) is 0 Å². The maximum atomic E-state index is 5.47. The van der Waals surface area contributed by atoms with Gasteiger partial charge in [-0.1, -0.05) is 142 Å². The van der Waals surface area contributed by atoms with Gasteiger partial charge in [0.2, 0.25) is 0 Å². The smallest absolute Gasteiger partial charge is 0.118 e. The van der Waals surface area contributed by atoms with Crippen LogP contribution in [0.5, 0.6) is 5.75 Å². The number of benzene rings is 8. The number of fused-ring (bicyclic) bond motifs is 4. The largest absolute Gasteiger partial charge is 0.497 e. The van der Waals surface area contributed by atoms with Gasteiger partial charge in [-0.25, -0.2) is 0 Å². The van der Waals surface area contributed by atoms with Crippen LogP contribution in [0.4, 0.5) is 0 Å². The van der Waals surface area contributed by atoms with E-state index in [4.69, 9.17) is 4.74 Å². The van der Waals surface area contributed by atoms with E-state index < -0.39 is 0 Å². The van der Waals surface area contributed by atoms with Crippen molar-refractivity contribution in [2.45, 2.75) is 26.2 Å². The van der Waals surface area contributed by atoms with Gasteiger partial charge in [0.15, 0.2) is 0 Å². The van der Waals surface area contributed by atoms with Crippen LogP contribution in [-0.2, 0) is 5.41 Å². The van der Waals surface area contributed by atoms with Crippen LogP contribution in [0.15, 0.2) is 146 Å². The lowest BCUT2D eigenvalue weighted by molar-refractivity contribution is 0.415. The van der Waals surface area contributed by atoms with Gasteiger partial charge in [0.05, 0.1) is 7.11 Å². The molecular formula is C45H36O. The Morgan fingerprint density at radius 3 is 1.48 bits per heavy atom. The third-order valence-electron chi connectivity index (χ3n) is 9.52. The Morgan fingerprint density at radius 1 is 0.413 bits per heavy atom. The molecule has 8 aromatic carbocycles. The van der Waals surface area contributed by atoms with E-state index in [-0.39, 0.29) is 5.41 Å². The van der Waals surface area contributed by atoms with Crippen LogP contribution in [0.2, 0.25) is 0 Å². The topological polar surface area (TPSA) is 9.23 Å². The third-order valence-corrected chi connectivity index (χ3v) is 9.52. The van der Waals surface area contributed by atoms with Crippen molar-refractivity contribution in [2.75, 3.05) is 7.11 Å². The highest BCUT2D eigenvalue weighted by molar-refractivity contribution is 6.25. The molecule has 0 aliphatic carbocycles. The Morgan fingerprint density at radius 2 is 0.913 bits per heavy atom. The monoisotopic (exact) mass is 592 g/mol.